The molecule has 164 valence electrons. The molecule has 1 aliphatic heterocycles. The Morgan fingerprint density at radius 1 is 1.47 bits per heavy atom. The van der Waals surface area contributed by atoms with Crippen molar-refractivity contribution in [2.45, 2.75) is 12.0 Å². The Morgan fingerprint density at radius 2 is 2.23 bits per heavy atom. The van der Waals surface area contributed by atoms with Gasteiger partial charge in [0.25, 0.3) is 10.2 Å². The lowest BCUT2D eigenvalue weighted by Gasteiger charge is -2.23. The molecule has 5 N–H and O–H groups in total. The zero-order chi connectivity index (χ0) is 21.9. The number of nitrogens with zero attached hydrogens (tertiary/aromatic N) is 4. The molecule has 1 aromatic heterocycles. The van der Waals surface area contributed by atoms with Gasteiger partial charge in [0.2, 0.25) is 5.82 Å². The molecule has 2 heterocycles. The number of hydrogen-bond acceptors (Lipinski definition) is 9. The molecule has 1 saturated heterocycles. The maximum atomic E-state index is 13.4. The summed E-state index contributed by atoms with van der Waals surface area (Å²) in [5.74, 6) is -0.563. The molecule has 0 amide bonds. The molecule has 12 nitrogen and oxygen atoms in total. The lowest BCUT2D eigenvalue weighted by atomic mass is 10.0. The summed E-state index contributed by atoms with van der Waals surface area (Å²) in [5, 5.41) is 30.3. The third kappa shape index (κ3) is 4.93. The van der Waals surface area contributed by atoms with Crippen molar-refractivity contribution < 1.29 is 27.8 Å². The first-order valence-corrected chi connectivity index (χ1v) is 10.8. The number of amidine groups is 1. The summed E-state index contributed by atoms with van der Waals surface area (Å²) in [6.07, 6.45) is 0.199. The number of anilines is 1. The molecule has 0 aliphatic carbocycles. The fourth-order valence-electron chi connectivity index (χ4n) is 2.82. The number of aliphatic hydroxyl groups is 1. The summed E-state index contributed by atoms with van der Waals surface area (Å²) in [5.41, 5.74) is 0.826. The van der Waals surface area contributed by atoms with Crippen molar-refractivity contribution in [3.05, 3.63) is 34.2 Å². The van der Waals surface area contributed by atoms with Gasteiger partial charge in [-0.1, -0.05) is 0 Å². The van der Waals surface area contributed by atoms with Crippen molar-refractivity contribution in [2.75, 3.05) is 32.0 Å². The van der Waals surface area contributed by atoms with Crippen LogP contribution >= 0.6 is 15.9 Å². The van der Waals surface area contributed by atoms with E-state index in [0.29, 0.717) is 5.69 Å². The summed E-state index contributed by atoms with van der Waals surface area (Å²) >= 11 is 3.05. The third-order valence-corrected chi connectivity index (χ3v) is 6.56. The summed E-state index contributed by atoms with van der Waals surface area (Å²) in [6.45, 7) is -0.0348. The normalized spacial score (nSPS) is 20.5. The van der Waals surface area contributed by atoms with E-state index in [1.165, 1.54) is 25.2 Å². The fourth-order valence-corrected chi connectivity index (χ4v) is 4.19. The van der Waals surface area contributed by atoms with Gasteiger partial charge in [0, 0.05) is 26.7 Å². The summed E-state index contributed by atoms with van der Waals surface area (Å²) in [6, 6.07) is 3.97. The Bertz CT molecular complexity index is 1050. The molecular formula is C15H19BrFN7O5S. The van der Waals surface area contributed by atoms with Crippen molar-refractivity contribution in [2.24, 2.45) is 4.99 Å². The number of β-amino-alcohol motifs (C(OH)–C–C–N with tert-alkyl or cyclic N) is 1. The zero-order valence-electron chi connectivity index (χ0n) is 15.6. The quantitative estimate of drug-likeness (QED) is 0.202. The molecule has 30 heavy (non-hydrogen) atoms. The van der Waals surface area contributed by atoms with Crippen LogP contribution in [0.25, 0.3) is 0 Å². The molecule has 1 atom stereocenters. The lowest BCUT2D eigenvalue weighted by Crippen LogP contribution is -2.44. The average Bonchev–Trinajstić information content (AvgIpc) is 3.35. The lowest BCUT2D eigenvalue weighted by molar-refractivity contribution is 0.0693. The number of hydrogen-bond donors (Lipinski definition) is 5. The van der Waals surface area contributed by atoms with Crippen LogP contribution in [0.2, 0.25) is 0 Å². The van der Waals surface area contributed by atoms with E-state index in [2.05, 4.69) is 45.9 Å². The van der Waals surface area contributed by atoms with E-state index in [1.807, 2.05) is 5.48 Å². The fraction of sp³-hybridized carbons (Fsp3) is 0.400. The summed E-state index contributed by atoms with van der Waals surface area (Å²) < 4.78 is 45.4. The second kappa shape index (κ2) is 8.91. The van der Waals surface area contributed by atoms with Crippen LogP contribution in [0, 0.1) is 5.82 Å². The van der Waals surface area contributed by atoms with Gasteiger partial charge >= 0.3 is 0 Å². The largest absolute Gasteiger partial charge is 0.387 e. The van der Waals surface area contributed by atoms with Gasteiger partial charge in [-0.3, -0.25) is 10.7 Å². The first kappa shape index (κ1) is 22.5. The second-order valence-corrected chi connectivity index (χ2v) is 9.23. The topological polar surface area (TPSA) is 165 Å². The van der Waals surface area contributed by atoms with Crippen LogP contribution in [0.5, 0.6) is 0 Å². The average molecular weight is 508 g/mol. The first-order chi connectivity index (χ1) is 14.2. The number of benzene rings is 1. The van der Waals surface area contributed by atoms with Gasteiger partial charge in [0.15, 0.2) is 11.5 Å². The highest BCUT2D eigenvalue weighted by Crippen LogP contribution is 2.25. The molecule has 1 fully saturated rings. The Labute approximate surface area is 179 Å². The van der Waals surface area contributed by atoms with E-state index in [1.54, 1.807) is 0 Å². The monoisotopic (exact) mass is 507 g/mol. The van der Waals surface area contributed by atoms with E-state index < -0.39 is 21.6 Å². The first-order valence-electron chi connectivity index (χ1n) is 8.59. The maximum Gasteiger partial charge on any atom is 0.279 e. The SMILES string of the molecule is CNS(=O)(=O)N1CC[C@](O)(CNc2nonc2C(=Nc2ccc(F)c(Br)c2)NO)C1. The molecule has 0 spiro atoms. The van der Waals surface area contributed by atoms with Crippen molar-refractivity contribution in [1.82, 2.24) is 24.8 Å². The summed E-state index contributed by atoms with van der Waals surface area (Å²) in [4.78, 5) is 4.13. The highest BCUT2D eigenvalue weighted by Gasteiger charge is 2.41. The highest BCUT2D eigenvalue weighted by molar-refractivity contribution is 9.10. The van der Waals surface area contributed by atoms with Crippen LogP contribution in [-0.4, -0.2) is 71.5 Å². The minimum Gasteiger partial charge on any atom is -0.387 e. The number of halogens is 2. The van der Waals surface area contributed by atoms with Gasteiger partial charge in [-0.15, -0.1) is 0 Å². The Kier molecular flexibility index (Phi) is 6.68. The molecule has 0 saturated carbocycles. The zero-order valence-corrected chi connectivity index (χ0v) is 18.0. The van der Waals surface area contributed by atoms with E-state index in [9.17, 15) is 23.1 Å². The maximum absolute atomic E-state index is 13.4. The molecule has 1 aliphatic rings. The van der Waals surface area contributed by atoms with Gasteiger partial charge in [-0.2, -0.15) is 12.7 Å². The van der Waals surface area contributed by atoms with Crippen LogP contribution in [-0.2, 0) is 10.2 Å². The number of hydroxylamine groups is 1. The van der Waals surface area contributed by atoms with E-state index in [0.717, 1.165) is 4.31 Å². The minimum absolute atomic E-state index is 0.000697. The number of aliphatic imine (C=N–C) groups is 1. The van der Waals surface area contributed by atoms with Crippen LogP contribution in [0.1, 0.15) is 12.1 Å². The van der Waals surface area contributed by atoms with Gasteiger partial charge in [-0.25, -0.2) is 18.7 Å². The van der Waals surface area contributed by atoms with Crippen LogP contribution < -0.4 is 15.5 Å². The van der Waals surface area contributed by atoms with Crippen molar-refractivity contribution in [3.8, 4) is 0 Å². The van der Waals surface area contributed by atoms with Gasteiger partial charge in [-0.05, 0) is 50.9 Å². The molecule has 0 radical (unpaired) electrons. The number of rotatable bonds is 7. The molecular weight excluding hydrogens is 489 g/mol. The number of aromatic nitrogens is 2. The van der Waals surface area contributed by atoms with Gasteiger partial charge in [0.1, 0.15) is 5.82 Å². The smallest absolute Gasteiger partial charge is 0.279 e. The number of nitrogens with one attached hydrogen (secondary N) is 3. The van der Waals surface area contributed by atoms with E-state index >= 15 is 0 Å². The highest BCUT2D eigenvalue weighted by atomic mass is 79.9. The minimum atomic E-state index is -3.65. The van der Waals surface area contributed by atoms with Gasteiger partial charge in [0.05, 0.1) is 15.8 Å². The molecule has 0 bridgehead atoms. The van der Waals surface area contributed by atoms with E-state index in [4.69, 9.17) is 0 Å². The predicted molar refractivity (Wildman–Crippen MR) is 107 cm³/mol. The third-order valence-electron chi connectivity index (χ3n) is 4.44. The van der Waals surface area contributed by atoms with Crippen molar-refractivity contribution >= 4 is 43.5 Å². The van der Waals surface area contributed by atoms with Crippen LogP contribution in [0.4, 0.5) is 15.9 Å². The molecule has 15 heteroatoms. The summed E-state index contributed by atoms with van der Waals surface area (Å²) in [7, 11) is -2.36. The molecule has 3 rings (SSSR count). The van der Waals surface area contributed by atoms with Crippen molar-refractivity contribution in [1.29, 1.82) is 0 Å². The molecule has 0 unspecified atom stereocenters. The van der Waals surface area contributed by atoms with Crippen LogP contribution in [0.3, 0.4) is 0 Å². The molecule has 2 aromatic rings. The Hall–Kier alpha value is -2.17. The predicted octanol–water partition coefficient (Wildman–Crippen LogP) is 0.341. The second-order valence-electron chi connectivity index (χ2n) is 6.50. The Morgan fingerprint density at radius 3 is 2.90 bits per heavy atom. The standard InChI is InChI=1S/C15H19BrFN7O5S/c1-18-30(27,28)24-5-4-15(25,8-24)7-19-13-12(22-29-23-13)14(21-26)20-9-2-3-11(17)10(16)6-9/h2-3,6,18,25-26H,4-5,7-8H2,1H3,(H,19,23)(H,20,21)/t15-/m0/s1. The van der Waals surface area contributed by atoms with Crippen LogP contribution in [0.15, 0.2) is 32.3 Å². The van der Waals surface area contributed by atoms with Crippen molar-refractivity contribution in [3.63, 3.8) is 0 Å². The molecule has 1 aromatic carbocycles. The Balaban J connectivity index is 1.75. The van der Waals surface area contributed by atoms with E-state index in [-0.39, 0.29) is 47.9 Å². The van der Waals surface area contributed by atoms with Gasteiger partial charge < -0.3 is 10.4 Å².